The number of likely N-dealkylation sites (N-methyl/N-ethyl adjacent to an activating group) is 1. The monoisotopic (exact) mass is 379 g/mol. The van der Waals surface area contributed by atoms with E-state index in [2.05, 4.69) is 10.3 Å². The van der Waals surface area contributed by atoms with Crippen molar-refractivity contribution in [2.24, 2.45) is 0 Å². The maximum Gasteiger partial charge on any atom is 0.246 e. The lowest BCUT2D eigenvalue weighted by atomic mass is 10.1. The summed E-state index contributed by atoms with van der Waals surface area (Å²) in [5.41, 5.74) is 2.17. The second kappa shape index (κ2) is 9.10. The van der Waals surface area contributed by atoms with Gasteiger partial charge in [-0.25, -0.2) is 4.39 Å². The van der Waals surface area contributed by atoms with Gasteiger partial charge in [-0.3, -0.25) is 14.7 Å². The van der Waals surface area contributed by atoms with Gasteiger partial charge in [-0.05, 0) is 55.6 Å². The lowest BCUT2D eigenvalue weighted by Crippen LogP contribution is -2.32. The van der Waals surface area contributed by atoms with Crippen LogP contribution in [0.5, 0.6) is 5.75 Å². The normalized spacial score (nSPS) is 11.9. The Labute approximate surface area is 163 Å². The maximum atomic E-state index is 13.3. The van der Waals surface area contributed by atoms with Gasteiger partial charge in [0.05, 0.1) is 0 Å². The molecule has 5 nitrogen and oxygen atoms in total. The second-order valence-corrected chi connectivity index (χ2v) is 6.59. The number of hydrogen-bond acceptors (Lipinski definition) is 4. The fourth-order valence-electron chi connectivity index (χ4n) is 2.89. The first kappa shape index (κ1) is 19.5. The molecule has 2 aromatic carbocycles. The fraction of sp³-hybridized carbons (Fsp3) is 0.182. The summed E-state index contributed by atoms with van der Waals surface area (Å²) in [6.07, 6.45) is 3.36. The summed E-state index contributed by atoms with van der Waals surface area (Å²) in [4.78, 5) is 18.7. The molecule has 0 aliphatic rings. The molecule has 0 bridgehead atoms. The molecule has 6 heteroatoms. The SMILES string of the molecule is CN(C)[C@H](C(=O)Nc1cccc(OCc2cccc(F)c2)c1)c1cccnc1. The van der Waals surface area contributed by atoms with Gasteiger partial charge < -0.3 is 10.1 Å². The van der Waals surface area contributed by atoms with Gasteiger partial charge in [-0.15, -0.1) is 0 Å². The molecular formula is C22H22FN3O2. The molecule has 1 atom stereocenters. The Kier molecular flexibility index (Phi) is 6.34. The van der Waals surface area contributed by atoms with Crippen LogP contribution in [-0.2, 0) is 11.4 Å². The number of anilines is 1. The predicted octanol–water partition coefficient (Wildman–Crippen LogP) is 4.04. The minimum atomic E-state index is -0.467. The van der Waals surface area contributed by atoms with Gasteiger partial charge >= 0.3 is 0 Å². The van der Waals surface area contributed by atoms with Crippen molar-refractivity contribution >= 4 is 11.6 Å². The highest BCUT2D eigenvalue weighted by Gasteiger charge is 2.23. The van der Waals surface area contributed by atoms with E-state index in [0.29, 0.717) is 11.4 Å². The zero-order valence-corrected chi connectivity index (χ0v) is 15.8. The minimum absolute atomic E-state index is 0.166. The fourth-order valence-corrected chi connectivity index (χ4v) is 2.89. The number of benzene rings is 2. The number of nitrogens with zero attached hydrogens (tertiary/aromatic N) is 2. The standard InChI is InChI=1S/C22H22FN3O2/c1-26(2)21(17-7-5-11-24-14-17)22(27)25-19-9-4-10-20(13-19)28-15-16-6-3-8-18(23)12-16/h3-14,21H,15H2,1-2H3,(H,25,27)/t21-/m0/s1. The zero-order chi connectivity index (χ0) is 19.9. The molecule has 28 heavy (non-hydrogen) atoms. The molecule has 1 N–H and O–H groups in total. The first-order valence-electron chi connectivity index (χ1n) is 8.87. The third-order valence-electron chi connectivity index (χ3n) is 4.16. The molecule has 0 radical (unpaired) electrons. The summed E-state index contributed by atoms with van der Waals surface area (Å²) in [5.74, 6) is 0.123. The molecule has 3 rings (SSSR count). The number of amides is 1. The van der Waals surface area contributed by atoms with Crippen LogP contribution in [0.15, 0.2) is 73.1 Å². The molecule has 1 aromatic heterocycles. The van der Waals surface area contributed by atoms with Gasteiger partial charge in [-0.1, -0.05) is 24.3 Å². The Balaban J connectivity index is 1.68. The summed E-state index contributed by atoms with van der Waals surface area (Å²) in [5, 5.41) is 2.92. The molecule has 0 aliphatic carbocycles. The molecule has 1 heterocycles. The third-order valence-corrected chi connectivity index (χ3v) is 4.16. The molecule has 3 aromatic rings. The van der Waals surface area contributed by atoms with E-state index in [9.17, 15) is 9.18 Å². The highest BCUT2D eigenvalue weighted by Crippen LogP contribution is 2.23. The average molecular weight is 379 g/mol. The van der Waals surface area contributed by atoms with E-state index >= 15 is 0 Å². The number of ether oxygens (including phenoxy) is 1. The van der Waals surface area contributed by atoms with Crippen molar-refractivity contribution < 1.29 is 13.9 Å². The van der Waals surface area contributed by atoms with Gasteiger partial charge in [0.1, 0.15) is 24.2 Å². The molecule has 0 spiro atoms. The van der Waals surface area contributed by atoms with Crippen LogP contribution in [-0.4, -0.2) is 29.9 Å². The summed E-state index contributed by atoms with van der Waals surface area (Å²) in [6.45, 7) is 0.241. The Hall–Kier alpha value is -3.25. The molecule has 1 amide bonds. The molecule has 0 saturated heterocycles. The van der Waals surface area contributed by atoms with Crippen LogP contribution >= 0.6 is 0 Å². The number of rotatable bonds is 7. The lowest BCUT2D eigenvalue weighted by Gasteiger charge is -2.23. The number of nitrogens with one attached hydrogen (secondary N) is 1. The summed E-state index contributed by atoms with van der Waals surface area (Å²) in [6, 6.07) is 16.6. The van der Waals surface area contributed by atoms with Gasteiger partial charge in [0.15, 0.2) is 0 Å². The second-order valence-electron chi connectivity index (χ2n) is 6.59. The molecule has 0 saturated carbocycles. The average Bonchev–Trinajstić information content (AvgIpc) is 2.67. The van der Waals surface area contributed by atoms with Crippen molar-refractivity contribution in [3.8, 4) is 5.75 Å². The Morgan fingerprint density at radius 1 is 1.14 bits per heavy atom. The number of hydrogen-bond donors (Lipinski definition) is 1. The van der Waals surface area contributed by atoms with E-state index in [-0.39, 0.29) is 18.3 Å². The zero-order valence-electron chi connectivity index (χ0n) is 15.8. The van der Waals surface area contributed by atoms with E-state index < -0.39 is 6.04 Å². The molecule has 0 fully saturated rings. The van der Waals surface area contributed by atoms with Crippen molar-refractivity contribution in [2.45, 2.75) is 12.6 Å². The Bertz CT molecular complexity index is 932. The number of halogens is 1. The number of pyridine rings is 1. The quantitative estimate of drug-likeness (QED) is 0.673. The predicted molar refractivity (Wildman–Crippen MR) is 106 cm³/mol. The lowest BCUT2D eigenvalue weighted by molar-refractivity contribution is -0.120. The van der Waals surface area contributed by atoms with Gasteiger partial charge in [-0.2, -0.15) is 0 Å². The van der Waals surface area contributed by atoms with Gasteiger partial charge in [0.25, 0.3) is 0 Å². The van der Waals surface area contributed by atoms with Crippen molar-refractivity contribution in [1.82, 2.24) is 9.88 Å². The van der Waals surface area contributed by atoms with E-state index in [4.69, 9.17) is 4.74 Å². The smallest absolute Gasteiger partial charge is 0.246 e. The third kappa shape index (κ3) is 5.14. The van der Waals surface area contributed by atoms with E-state index in [1.165, 1.54) is 12.1 Å². The van der Waals surface area contributed by atoms with Crippen LogP contribution in [0.25, 0.3) is 0 Å². The van der Waals surface area contributed by atoms with Crippen molar-refractivity contribution in [3.05, 3.63) is 90.0 Å². The van der Waals surface area contributed by atoms with Crippen molar-refractivity contribution in [1.29, 1.82) is 0 Å². The van der Waals surface area contributed by atoms with Gasteiger partial charge in [0.2, 0.25) is 5.91 Å². The number of aromatic nitrogens is 1. The highest BCUT2D eigenvalue weighted by molar-refractivity contribution is 5.95. The first-order valence-corrected chi connectivity index (χ1v) is 8.87. The largest absolute Gasteiger partial charge is 0.489 e. The van der Waals surface area contributed by atoms with Crippen LogP contribution in [0.1, 0.15) is 17.2 Å². The van der Waals surface area contributed by atoms with E-state index in [1.807, 2.05) is 25.1 Å². The molecule has 144 valence electrons. The van der Waals surface area contributed by atoms with Gasteiger partial charge in [0, 0.05) is 24.1 Å². The summed E-state index contributed by atoms with van der Waals surface area (Å²) >= 11 is 0. The van der Waals surface area contributed by atoms with E-state index in [0.717, 1.165) is 11.1 Å². The van der Waals surface area contributed by atoms with Crippen LogP contribution < -0.4 is 10.1 Å². The first-order chi connectivity index (χ1) is 13.5. The van der Waals surface area contributed by atoms with Crippen molar-refractivity contribution in [2.75, 3.05) is 19.4 Å². The number of carbonyl (C=O) groups is 1. The van der Waals surface area contributed by atoms with Crippen LogP contribution in [0, 0.1) is 5.82 Å². The number of carbonyl (C=O) groups excluding carboxylic acids is 1. The summed E-state index contributed by atoms with van der Waals surface area (Å²) < 4.78 is 19.0. The summed E-state index contributed by atoms with van der Waals surface area (Å²) in [7, 11) is 3.69. The molecule has 0 unspecified atom stereocenters. The van der Waals surface area contributed by atoms with Crippen LogP contribution in [0.3, 0.4) is 0 Å². The van der Waals surface area contributed by atoms with Crippen LogP contribution in [0.4, 0.5) is 10.1 Å². The topological polar surface area (TPSA) is 54.5 Å². The minimum Gasteiger partial charge on any atom is -0.489 e. The Morgan fingerprint density at radius 2 is 1.96 bits per heavy atom. The molecule has 0 aliphatic heterocycles. The van der Waals surface area contributed by atoms with Crippen molar-refractivity contribution in [3.63, 3.8) is 0 Å². The highest BCUT2D eigenvalue weighted by atomic mass is 19.1. The Morgan fingerprint density at radius 3 is 2.68 bits per heavy atom. The molecular weight excluding hydrogens is 357 g/mol. The maximum absolute atomic E-state index is 13.3. The van der Waals surface area contributed by atoms with E-state index in [1.54, 1.807) is 54.9 Å². The van der Waals surface area contributed by atoms with Crippen LogP contribution in [0.2, 0.25) is 0 Å².